The first-order valence-corrected chi connectivity index (χ1v) is 6.64. The fourth-order valence-electron chi connectivity index (χ4n) is 1.75. The van der Waals surface area contributed by atoms with E-state index in [1.165, 1.54) is 5.56 Å². The lowest BCUT2D eigenvalue weighted by Gasteiger charge is -2.19. The van der Waals surface area contributed by atoms with Crippen LogP contribution in [0.5, 0.6) is 0 Å². The van der Waals surface area contributed by atoms with Gasteiger partial charge in [0.15, 0.2) is 6.29 Å². The zero-order valence-corrected chi connectivity index (χ0v) is 11.6. The van der Waals surface area contributed by atoms with E-state index >= 15 is 0 Å². The second kappa shape index (κ2) is 9.03. The molecule has 0 aliphatic rings. The summed E-state index contributed by atoms with van der Waals surface area (Å²) >= 11 is 0. The van der Waals surface area contributed by atoms with Gasteiger partial charge >= 0.3 is 0 Å². The maximum absolute atomic E-state index is 5.50. The van der Waals surface area contributed by atoms with E-state index < -0.39 is 0 Å². The summed E-state index contributed by atoms with van der Waals surface area (Å²) in [7, 11) is 0. The molecule has 0 saturated heterocycles. The van der Waals surface area contributed by atoms with Crippen molar-refractivity contribution in [3.05, 3.63) is 30.1 Å². The first kappa shape index (κ1) is 15.1. The third-order valence-electron chi connectivity index (χ3n) is 2.72. The summed E-state index contributed by atoms with van der Waals surface area (Å²) in [6.45, 7) is 8.33. The van der Waals surface area contributed by atoms with E-state index in [9.17, 15) is 0 Å². The van der Waals surface area contributed by atoms with Crippen LogP contribution >= 0.6 is 0 Å². The Balaban J connectivity index is 2.27. The summed E-state index contributed by atoms with van der Waals surface area (Å²) in [5, 5.41) is 3.45. The smallest absolute Gasteiger partial charge is 0.158 e. The number of rotatable bonds is 9. The minimum Gasteiger partial charge on any atom is -0.353 e. The van der Waals surface area contributed by atoms with Gasteiger partial charge in [-0.2, -0.15) is 0 Å². The predicted molar refractivity (Wildman–Crippen MR) is 72.3 cm³/mol. The van der Waals surface area contributed by atoms with Gasteiger partial charge < -0.3 is 14.8 Å². The average molecular weight is 252 g/mol. The van der Waals surface area contributed by atoms with Crippen LogP contribution < -0.4 is 5.32 Å². The molecule has 1 N–H and O–H groups in total. The molecule has 1 aromatic rings. The molecule has 0 saturated carbocycles. The number of pyridine rings is 1. The molecule has 4 nitrogen and oxygen atoms in total. The van der Waals surface area contributed by atoms with E-state index in [1.807, 2.05) is 26.1 Å². The largest absolute Gasteiger partial charge is 0.353 e. The number of hydrogen-bond acceptors (Lipinski definition) is 4. The summed E-state index contributed by atoms with van der Waals surface area (Å²) in [4.78, 5) is 4.12. The van der Waals surface area contributed by atoms with Gasteiger partial charge in [0.05, 0.1) is 0 Å². The van der Waals surface area contributed by atoms with Crippen molar-refractivity contribution in [3.8, 4) is 0 Å². The van der Waals surface area contributed by atoms with Gasteiger partial charge in [0.1, 0.15) is 0 Å². The Bertz CT molecular complexity index is 300. The molecule has 1 atom stereocenters. The van der Waals surface area contributed by atoms with E-state index in [2.05, 4.69) is 23.3 Å². The minimum absolute atomic E-state index is 0.103. The molecule has 0 amide bonds. The van der Waals surface area contributed by atoms with Crippen molar-refractivity contribution in [1.82, 2.24) is 10.3 Å². The van der Waals surface area contributed by atoms with Crippen LogP contribution in [0.15, 0.2) is 24.5 Å². The van der Waals surface area contributed by atoms with Crippen LogP contribution in [0.3, 0.4) is 0 Å². The SMILES string of the molecule is CCOC(CCNC(C)c1cccnc1)OCC. The van der Waals surface area contributed by atoms with Gasteiger partial charge in [0, 0.05) is 44.6 Å². The van der Waals surface area contributed by atoms with Gasteiger partial charge in [0.25, 0.3) is 0 Å². The molecule has 0 radical (unpaired) electrons. The van der Waals surface area contributed by atoms with Crippen molar-refractivity contribution in [2.75, 3.05) is 19.8 Å². The Morgan fingerprint density at radius 1 is 1.28 bits per heavy atom. The van der Waals surface area contributed by atoms with Gasteiger partial charge in [-0.05, 0) is 32.4 Å². The van der Waals surface area contributed by atoms with E-state index in [0.29, 0.717) is 19.3 Å². The Hall–Kier alpha value is -0.970. The maximum atomic E-state index is 5.50. The molecular weight excluding hydrogens is 228 g/mol. The first-order chi connectivity index (χ1) is 8.77. The zero-order valence-electron chi connectivity index (χ0n) is 11.6. The number of hydrogen-bond donors (Lipinski definition) is 1. The van der Waals surface area contributed by atoms with Crippen molar-refractivity contribution >= 4 is 0 Å². The van der Waals surface area contributed by atoms with Gasteiger partial charge in [0.2, 0.25) is 0 Å². The Kier molecular flexibility index (Phi) is 7.57. The quantitative estimate of drug-likeness (QED) is 0.686. The maximum Gasteiger partial charge on any atom is 0.158 e. The van der Waals surface area contributed by atoms with E-state index in [0.717, 1.165) is 13.0 Å². The monoisotopic (exact) mass is 252 g/mol. The second-order valence-corrected chi connectivity index (χ2v) is 4.09. The topological polar surface area (TPSA) is 43.4 Å². The van der Waals surface area contributed by atoms with Gasteiger partial charge in [-0.3, -0.25) is 4.98 Å². The average Bonchev–Trinajstić information content (AvgIpc) is 2.40. The van der Waals surface area contributed by atoms with Gasteiger partial charge in [-0.1, -0.05) is 6.07 Å². The molecule has 1 aromatic heterocycles. The minimum atomic E-state index is -0.103. The number of ether oxygens (including phenoxy) is 2. The zero-order chi connectivity index (χ0) is 13.2. The lowest BCUT2D eigenvalue weighted by Crippen LogP contribution is -2.26. The summed E-state index contributed by atoms with van der Waals surface area (Å²) in [5.41, 5.74) is 1.20. The molecule has 0 spiro atoms. The molecule has 1 unspecified atom stereocenters. The van der Waals surface area contributed by atoms with Gasteiger partial charge in [-0.15, -0.1) is 0 Å². The van der Waals surface area contributed by atoms with E-state index in [-0.39, 0.29) is 6.29 Å². The number of nitrogens with zero attached hydrogens (tertiary/aromatic N) is 1. The lowest BCUT2D eigenvalue weighted by atomic mass is 10.1. The lowest BCUT2D eigenvalue weighted by molar-refractivity contribution is -0.138. The molecule has 0 fully saturated rings. The fourth-order valence-corrected chi connectivity index (χ4v) is 1.75. The van der Waals surface area contributed by atoms with Crippen molar-refractivity contribution in [2.45, 2.75) is 39.5 Å². The van der Waals surface area contributed by atoms with Crippen LogP contribution in [0, 0.1) is 0 Å². The van der Waals surface area contributed by atoms with Crippen LogP contribution in [-0.4, -0.2) is 31.0 Å². The molecule has 0 aliphatic carbocycles. The molecule has 0 aromatic carbocycles. The molecule has 1 rings (SSSR count). The summed E-state index contributed by atoms with van der Waals surface area (Å²) < 4.78 is 11.0. The van der Waals surface area contributed by atoms with Crippen LogP contribution in [0.4, 0.5) is 0 Å². The van der Waals surface area contributed by atoms with Crippen LogP contribution in [0.25, 0.3) is 0 Å². The molecule has 0 aliphatic heterocycles. The van der Waals surface area contributed by atoms with Crippen molar-refractivity contribution in [3.63, 3.8) is 0 Å². The summed E-state index contributed by atoms with van der Waals surface area (Å²) in [6, 6.07) is 4.33. The van der Waals surface area contributed by atoms with Crippen molar-refractivity contribution < 1.29 is 9.47 Å². The molecule has 102 valence electrons. The highest BCUT2D eigenvalue weighted by molar-refractivity contribution is 5.12. The second-order valence-electron chi connectivity index (χ2n) is 4.09. The molecular formula is C14H24N2O2. The molecule has 0 bridgehead atoms. The van der Waals surface area contributed by atoms with Crippen molar-refractivity contribution in [2.24, 2.45) is 0 Å². The highest BCUT2D eigenvalue weighted by atomic mass is 16.7. The highest BCUT2D eigenvalue weighted by Crippen LogP contribution is 2.10. The summed E-state index contributed by atoms with van der Waals surface area (Å²) in [6.07, 6.45) is 4.43. The normalized spacial score (nSPS) is 12.9. The standard InChI is InChI=1S/C14H24N2O2/c1-4-17-14(18-5-2)8-10-16-12(3)13-7-6-9-15-11-13/h6-7,9,11-12,14,16H,4-5,8,10H2,1-3H3. The fraction of sp³-hybridized carbons (Fsp3) is 0.643. The van der Waals surface area contributed by atoms with Crippen LogP contribution in [-0.2, 0) is 9.47 Å². The van der Waals surface area contributed by atoms with E-state index in [1.54, 1.807) is 6.20 Å². The Labute approximate surface area is 110 Å². The van der Waals surface area contributed by atoms with Crippen LogP contribution in [0.1, 0.15) is 38.8 Å². The third-order valence-corrected chi connectivity index (χ3v) is 2.72. The number of nitrogens with one attached hydrogen (secondary N) is 1. The number of aromatic nitrogens is 1. The van der Waals surface area contributed by atoms with Gasteiger partial charge in [-0.25, -0.2) is 0 Å². The first-order valence-electron chi connectivity index (χ1n) is 6.64. The molecule has 18 heavy (non-hydrogen) atoms. The summed E-state index contributed by atoms with van der Waals surface area (Å²) in [5.74, 6) is 0. The predicted octanol–water partition coefficient (Wildman–Crippen LogP) is 2.52. The molecule has 1 heterocycles. The van der Waals surface area contributed by atoms with Crippen LogP contribution in [0.2, 0.25) is 0 Å². The Morgan fingerprint density at radius 3 is 2.56 bits per heavy atom. The molecule has 4 heteroatoms. The third kappa shape index (κ3) is 5.58. The van der Waals surface area contributed by atoms with E-state index in [4.69, 9.17) is 9.47 Å². The van der Waals surface area contributed by atoms with Crippen molar-refractivity contribution in [1.29, 1.82) is 0 Å². The Morgan fingerprint density at radius 2 is 2.00 bits per heavy atom. The highest BCUT2D eigenvalue weighted by Gasteiger charge is 2.09.